The molecule has 1 saturated heterocycles. The lowest BCUT2D eigenvalue weighted by atomic mass is 10.1. The maximum Gasteiger partial charge on any atom is 0.280 e. The first-order chi connectivity index (χ1) is 10.1. The molecule has 1 atom stereocenters. The van der Waals surface area contributed by atoms with E-state index in [1.54, 1.807) is 7.11 Å². The van der Waals surface area contributed by atoms with Gasteiger partial charge in [-0.2, -0.15) is 17.4 Å². The first-order valence-corrected chi connectivity index (χ1v) is 8.60. The van der Waals surface area contributed by atoms with E-state index in [4.69, 9.17) is 10.5 Å². The molecule has 0 bridgehead atoms. The van der Waals surface area contributed by atoms with Crippen LogP contribution in [-0.2, 0) is 16.8 Å². The smallest absolute Gasteiger partial charge is 0.280 e. The van der Waals surface area contributed by atoms with Crippen LogP contribution in [0.5, 0.6) is 5.75 Å². The molecule has 7 heteroatoms. The molecule has 3 N–H and O–H groups in total. The van der Waals surface area contributed by atoms with Crippen molar-refractivity contribution >= 4 is 10.2 Å². The standard InChI is InChI=1S/C14H23N3O3S/c1-20-14-7-4-5-12(9-14)11-16-21(18,19)17-8-3-2-6-13(17)10-15/h4-5,7,9,13,16H,2-3,6,8,10-11,15H2,1H3. The molecule has 118 valence electrons. The Hall–Kier alpha value is -1.15. The molecular weight excluding hydrogens is 290 g/mol. The fraction of sp³-hybridized carbons (Fsp3) is 0.571. The van der Waals surface area contributed by atoms with Gasteiger partial charge in [0.25, 0.3) is 10.2 Å². The number of benzene rings is 1. The first-order valence-electron chi connectivity index (χ1n) is 7.16. The first kappa shape index (κ1) is 16.2. The summed E-state index contributed by atoms with van der Waals surface area (Å²) in [4.78, 5) is 0. The molecule has 2 rings (SSSR count). The molecule has 6 nitrogen and oxygen atoms in total. The summed E-state index contributed by atoms with van der Waals surface area (Å²) in [5, 5.41) is 0. The van der Waals surface area contributed by atoms with E-state index in [1.807, 2.05) is 24.3 Å². The quantitative estimate of drug-likeness (QED) is 0.815. The summed E-state index contributed by atoms with van der Waals surface area (Å²) in [6.07, 6.45) is 2.75. The van der Waals surface area contributed by atoms with E-state index in [-0.39, 0.29) is 12.6 Å². The molecule has 1 unspecified atom stereocenters. The number of nitrogens with two attached hydrogens (primary N) is 1. The zero-order chi connectivity index (χ0) is 15.3. The van der Waals surface area contributed by atoms with Gasteiger partial charge >= 0.3 is 0 Å². The Kier molecular flexibility index (Phi) is 5.58. The molecule has 1 aromatic carbocycles. The topological polar surface area (TPSA) is 84.7 Å². The number of nitrogens with one attached hydrogen (secondary N) is 1. The third kappa shape index (κ3) is 4.16. The zero-order valence-electron chi connectivity index (χ0n) is 12.3. The highest BCUT2D eigenvalue weighted by Gasteiger charge is 2.30. The summed E-state index contributed by atoms with van der Waals surface area (Å²) in [6.45, 7) is 1.14. The Labute approximate surface area is 126 Å². The molecule has 0 amide bonds. The Morgan fingerprint density at radius 2 is 2.24 bits per heavy atom. The monoisotopic (exact) mass is 313 g/mol. The molecule has 0 aliphatic carbocycles. The Balaban J connectivity index is 2.03. The molecule has 0 radical (unpaired) electrons. The second kappa shape index (κ2) is 7.22. The van der Waals surface area contributed by atoms with E-state index in [2.05, 4.69) is 4.72 Å². The van der Waals surface area contributed by atoms with Crippen LogP contribution < -0.4 is 15.2 Å². The molecule has 21 heavy (non-hydrogen) atoms. The number of ether oxygens (including phenoxy) is 1. The van der Waals surface area contributed by atoms with Crippen molar-refractivity contribution in [1.29, 1.82) is 0 Å². The van der Waals surface area contributed by atoms with Crippen LogP contribution in [0.15, 0.2) is 24.3 Å². The van der Waals surface area contributed by atoms with E-state index in [9.17, 15) is 8.42 Å². The van der Waals surface area contributed by atoms with Crippen molar-refractivity contribution in [2.45, 2.75) is 31.8 Å². The number of hydrogen-bond donors (Lipinski definition) is 2. The maximum atomic E-state index is 12.4. The van der Waals surface area contributed by atoms with Crippen LogP contribution in [0.4, 0.5) is 0 Å². The van der Waals surface area contributed by atoms with Crippen LogP contribution in [0.1, 0.15) is 24.8 Å². The minimum atomic E-state index is -3.50. The summed E-state index contributed by atoms with van der Waals surface area (Å²) in [5.74, 6) is 0.713. The van der Waals surface area contributed by atoms with Crippen molar-refractivity contribution < 1.29 is 13.2 Å². The van der Waals surface area contributed by atoms with Crippen LogP contribution >= 0.6 is 0 Å². The van der Waals surface area contributed by atoms with Gasteiger partial charge in [-0.3, -0.25) is 0 Å². The fourth-order valence-electron chi connectivity index (χ4n) is 2.57. The lowest BCUT2D eigenvalue weighted by Gasteiger charge is -2.33. The van der Waals surface area contributed by atoms with Gasteiger partial charge in [-0.25, -0.2) is 0 Å². The summed E-state index contributed by atoms with van der Waals surface area (Å²) in [6, 6.07) is 7.25. The van der Waals surface area contributed by atoms with E-state index in [0.717, 1.165) is 24.8 Å². The number of hydrogen-bond acceptors (Lipinski definition) is 4. The number of piperidine rings is 1. The zero-order valence-corrected chi connectivity index (χ0v) is 13.1. The van der Waals surface area contributed by atoms with Gasteiger partial charge in [0, 0.05) is 25.7 Å². The van der Waals surface area contributed by atoms with Gasteiger partial charge in [0.2, 0.25) is 0 Å². The molecule has 1 aromatic rings. The minimum Gasteiger partial charge on any atom is -0.497 e. The molecule has 0 spiro atoms. The van der Waals surface area contributed by atoms with E-state index in [0.29, 0.717) is 18.8 Å². The predicted octanol–water partition coefficient (Wildman–Crippen LogP) is 0.843. The average molecular weight is 313 g/mol. The normalized spacial score (nSPS) is 20.4. The number of methoxy groups -OCH3 is 1. The third-order valence-electron chi connectivity index (χ3n) is 3.75. The lowest BCUT2D eigenvalue weighted by Crippen LogP contribution is -2.51. The Morgan fingerprint density at radius 1 is 1.43 bits per heavy atom. The van der Waals surface area contributed by atoms with Gasteiger partial charge in [0.1, 0.15) is 5.75 Å². The third-order valence-corrected chi connectivity index (χ3v) is 5.35. The molecule has 1 heterocycles. The van der Waals surface area contributed by atoms with Gasteiger partial charge in [0.05, 0.1) is 7.11 Å². The maximum absolute atomic E-state index is 12.4. The highest BCUT2D eigenvalue weighted by molar-refractivity contribution is 7.87. The fourth-order valence-corrected chi connectivity index (χ4v) is 4.03. The number of rotatable bonds is 6. The molecule has 0 aromatic heterocycles. The van der Waals surface area contributed by atoms with Crippen LogP contribution in [0, 0.1) is 0 Å². The van der Waals surface area contributed by atoms with E-state index >= 15 is 0 Å². The molecule has 1 aliphatic heterocycles. The van der Waals surface area contributed by atoms with Gasteiger partial charge in [-0.05, 0) is 30.5 Å². The highest BCUT2D eigenvalue weighted by atomic mass is 32.2. The van der Waals surface area contributed by atoms with Crippen molar-refractivity contribution in [2.75, 3.05) is 20.2 Å². The molecule has 1 fully saturated rings. The van der Waals surface area contributed by atoms with Crippen molar-refractivity contribution in [2.24, 2.45) is 5.73 Å². The second-order valence-corrected chi connectivity index (χ2v) is 6.88. The Bertz CT molecular complexity index is 562. The van der Waals surface area contributed by atoms with Gasteiger partial charge in [0.15, 0.2) is 0 Å². The summed E-state index contributed by atoms with van der Waals surface area (Å²) in [7, 11) is -1.91. The van der Waals surface area contributed by atoms with Crippen molar-refractivity contribution in [3.63, 3.8) is 0 Å². The van der Waals surface area contributed by atoms with E-state index in [1.165, 1.54) is 4.31 Å². The summed E-state index contributed by atoms with van der Waals surface area (Å²) in [5.41, 5.74) is 6.55. The minimum absolute atomic E-state index is 0.0958. The molecule has 0 saturated carbocycles. The van der Waals surface area contributed by atoms with Gasteiger partial charge in [-0.1, -0.05) is 18.6 Å². The highest BCUT2D eigenvalue weighted by Crippen LogP contribution is 2.19. The molecule has 1 aliphatic rings. The molecular formula is C14H23N3O3S. The average Bonchev–Trinajstić information content (AvgIpc) is 2.53. The Morgan fingerprint density at radius 3 is 2.95 bits per heavy atom. The largest absolute Gasteiger partial charge is 0.497 e. The van der Waals surface area contributed by atoms with Crippen LogP contribution in [0.2, 0.25) is 0 Å². The predicted molar refractivity (Wildman–Crippen MR) is 82.2 cm³/mol. The van der Waals surface area contributed by atoms with Crippen LogP contribution in [-0.4, -0.2) is 39.0 Å². The summed E-state index contributed by atoms with van der Waals surface area (Å²) >= 11 is 0. The van der Waals surface area contributed by atoms with Crippen molar-refractivity contribution in [3.05, 3.63) is 29.8 Å². The van der Waals surface area contributed by atoms with Crippen LogP contribution in [0.3, 0.4) is 0 Å². The number of nitrogens with zero attached hydrogens (tertiary/aromatic N) is 1. The van der Waals surface area contributed by atoms with Crippen molar-refractivity contribution in [1.82, 2.24) is 9.03 Å². The summed E-state index contributed by atoms with van der Waals surface area (Å²) < 4.78 is 34.1. The lowest BCUT2D eigenvalue weighted by molar-refractivity contribution is 0.254. The van der Waals surface area contributed by atoms with Crippen molar-refractivity contribution in [3.8, 4) is 5.75 Å². The van der Waals surface area contributed by atoms with Gasteiger partial charge in [-0.15, -0.1) is 0 Å². The van der Waals surface area contributed by atoms with E-state index < -0.39 is 10.2 Å². The SMILES string of the molecule is COc1cccc(CNS(=O)(=O)N2CCCCC2CN)c1. The second-order valence-electron chi connectivity index (χ2n) is 5.17. The van der Waals surface area contributed by atoms with Gasteiger partial charge < -0.3 is 10.5 Å². The van der Waals surface area contributed by atoms with Crippen LogP contribution in [0.25, 0.3) is 0 Å².